The summed E-state index contributed by atoms with van der Waals surface area (Å²) >= 11 is 0. The van der Waals surface area contributed by atoms with Crippen LogP contribution in [0.2, 0.25) is 0 Å². The Balaban J connectivity index is 2.03. The van der Waals surface area contributed by atoms with Crippen LogP contribution in [0.4, 0.5) is 0 Å². The molecule has 0 radical (unpaired) electrons. The Bertz CT molecular complexity index is 998. The van der Waals surface area contributed by atoms with Crippen LogP contribution in [0.5, 0.6) is 0 Å². The van der Waals surface area contributed by atoms with Gasteiger partial charge in [-0.1, -0.05) is 74.4 Å². The van der Waals surface area contributed by atoms with Gasteiger partial charge in [0.1, 0.15) is 5.66 Å². The molecule has 206 valence electrons. The first-order valence-electron chi connectivity index (χ1n) is 13.9. The Morgan fingerprint density at radius 1 is 1.03 bits per heavy atom. The van der Waals surface area contributed by atoms with Crippen LogP contribution in [0.25, 0.3) is 0 Å². The molecule has 1 saturated carbocycles. The normalized spacial score (nSPS) is 23.8. The Morgan fingerprint density at radius 2 is 1.59 bits per heavy atom. The number of aliphatic imine (C=N–C) groups is 1. The number of amidine groups is 1. The third-order valence-electron chi connectivity index (χ3n) is 8.01. The van der Waals surface area contributed by atoms with Crippen LogP contribution >= 0.6 is 0 Å². The molecule has 0 bridgehead atoms. The lowest BCUT2D eigenvalue weighted by molar-refractivity contribution is -0.134. The molecule has 0 aromatic heterocycles. The highest BCUT2D eigenvalue weighted by molar-refractivity contribution is 6.39. The van der Waals surface area contributed by atoms with Gasteiger partial charge in [0.05, 0.1) is 11.6 Å². The zero-order valence-electron chi connectivity index (χ0n) is 24.6. The molecule has 2 aliphatic rings. The van der Waals surface area contributed by atoms with Crippen LogP contribution in [0.1, 0.15) is 123 Å². The van der Waals surface area contributed by atoms with E-state index in [1.54, 1.807) is 12.1 Å². The van der Waals surface area contributed by atoms with Crippen molar-refractivity contribution in [3.8, 4) is 0 Å². The van der Waals surface area contributed by atoms with Gasteiger partial charge in [0, 0.05) is 6.54 Å². The van der Waals surface area contributed by atoms with Crippen molar-refractivity contribution in [2.24, 2.45) is 27.2 Å². The van der Waals surface area contributed by atoms with Crippen molar-refractivity contribution in [1.82, 2.24) is 10.2 Å². The number of rotatable bonds is 6. The summed E-state index contributed by atoms with van der Waals surface area (Å²) in [6, 6.07) is 6.92. The monoisotopic (exact) mass is 511 g/mol. The molecule has 2 N–H and O–H groups in total. The van der Waals surface area contributed by atoms with E-state index in [1.165, 1.54) is 0 Å². The lowest BCUT2D eigenvalue weighted by Crippen LogP contribution is -2.52. The number of aromatic carboxylic acids is 1. The predicted molar refractivity (Wildman–Crippen MR) is 151 cm³/mol. The van der Waals surface area contributed by atoms with Gasteiger partial charge in [0.15, 0.2) is 5.84 Å². The molecule has 1 aromatic rings. The second-order valence-electron chi connectivity index (χ2n) is 14.7. The molecule has 0 saturated heterocycles. The van der Waals surface area contributed by atoms with Crippen LogP contribution in [0.15, 0.2) is 29.3 Å². The molecule has 1 spiro atoms. The molecular weight excluding hydrogens is 462 g/mol. The largest absolute Gasteiger partial charge is 0.478 e. The van der Waals surface area contributed by atoms with Gasteiger partial charge >= 0.3 is 5.97 Å². The minimum Gasteiger partial charge on any atom is -0.478 e. The molecule has 1 heterocycles. The van der Waals surface area contributed by atoms with Crippen molar-refractivity contribution in [3.63, 3.8) is 0 Å². The zero-order valence-corrected chi connectivity index (χ0v) is 24.6. The summed E-state index contributed by atoms with van der Waals surface area (Å²) in [6.07, 6.45) is 5.50. The minimum absolute atomic E-state index is 0.0194. The summed E-state index contributed by atoms with van der Waals surface area (Å²) in [5, 5.41) is 12.8. The van der Waals surface area contributed by atoms with E-state index < -0.39 is 11.6 Å². The predicted octanol–water partition coefficient (Wildman–Crippen LogP) is 7.06. The first-order valence-corrected chi connectivity index (χ1v) is 13.9. The molecule has 1 aliphatic heterocycles. The molecule has 37 heavy (non-hydrogen) atoms. The van der Waals surface area contributed by atoms with Gasteiger partial charge in [0.2, 0.25) is 0 Å². The lowest BCUT2D eigenvalue weighted by Gasteiger charge is -2.47. The summed E-state index contributed by atoms with van der Waals surface area (Å²) in [7, 11) is 0. The fraction of sp³-hybridized carbons (Fsp3) is 0.710. The molecule has 1 aliphatic carbocycles. The molecule has 6 nitrogen and oxygen atoms in total. The third-order valence-corrected chi connectivity index (χ3v) is 8.01. The molecule has 1 aromatic carbocycles. The van der Waals surface area contributed by atoms with E-state index in [1.807, 2.05) is 12.1 Å². The van der Waals surface area contributed by atoms with Crippen molar-refractivity contribution in [3.05, 3.63) is 35.4 Å². The van der Waals surface area contributed by atoms with E-state index in [-0.39, 0.29) is 33.8 Å². The van der Waals surface area contributed by atoms with Gasteiger partial charge in [-0.15, -0.1) is 0 Å². The Labute approximate surface area is 224 Å². The van der Waals surface area contributed by atoms with Crippen LogP contribution in [-0.2, 0) is 4.79 Å². The molecular formula is C31H49N3O3. The highest BCUT2D eigenvalue weighted by atomic mass is 16.4. The van der Waals surface area contributed by atoms with Crippen molar-refractivity contribution < 1.29 is 14.7 Å². The maximum absolute atomic E-state index is 14.1. The van der Waals surface area contributed by atoms with Gasteiger partial charge in [-0.25, -0.2) is 9.79 Å². The van der Waals surface area contributed by atoms with Crippen LogP contribution in [-0.4, -0.2) is 39.9 Å². The van der Waals surface area contributed by atoms with Gasteiger partial charge < -0.3 is 15.3 Å². The maximum Gasteiger partial charge on any atom is 0.335 e. The van der Waals surface area contributed by atoms with Gasteiger partial charge in [-0.3, -0.25) is 4.79 Å². The van der Waals surface area contributed by atoms with E-state index in [0.29, 0.717) is 18.3 Å². The average Bonchev–Trinajstić information content (AvgIpc) is 3.02. The summed E-state index contributed by atoms with van der Waals surface area (Å²) in [5.74, 6) is 0.107. The van der Waals surface area contributed by atoms with Crippen molar-refractivity contribution in [1.29, 1.82) is 0 Å². The highest BCUT2D eigenvalue weighted by Gasteiger charge is 2.52. The number of carbonyl (C=O) groups is 2. The Morgan fingerprint density at radius 3 is 2.05 bits per heavy atom. The van der Waals surface area contributed by atoms with E-state index in [0.717, 1.165) is 44.1 Å². The first kappa shape index (κ1) is 29.2. The second kappa shape index (κ2) is 10.4. The number of benzene rings is 1. The van der Waals surface area contributed by atoms with Crippen LogP contribution in [0.3, 0.4) is 0 Å². The molecule has 6 heteroatoms. The summed E-state index contributed by atoms with van der Waals surface area (Å²) in [6.45, 7) is 20.7. The van der Waals surface area contributed by atoms with Crippen molar-refractivity contribution in [2.45, 2.75) is 113 Å². The molecule has 3 rings (SSSR count). The second-order valence-corrected chi connectivity index (χ2v) is 14.7. The topological polar surface area (TPSA) is 82.0 Å². The molecule has 0 unspecified atom stereocenters. The number of hydrogen-bond acceptors (Lipinski definition) is 4. The highest BCUT2D eigenvalue weighted by Crippen LogP contribution is 2.49. The SMILES string of the molecule is CC(C)(C)CC[C@H](c1ccc(C(=O)O)cc1)N1C(=O)C(NCC(C)(C)C)=NC12CCC(C(C)(C)C)CC2. The van der Waals surface area contributed by atoms with E-state index in [4.69, 9.17) is 4.99 Å². The van der Waals surface area contributed by atoms with Gasteiger partial charge in [0.25, 0.3) is 5.91 Å². The number of hydrogen-bond donors (Lipinski definition) is 2. The smallest absolute Gasteiger partial charge is 0.335 e. The van der Waals surface area contributed by atoms with Gasteiger partial charge in [-0.2, -0.15) is 0 Å². The number of nitrogens with zero attached hydrogens (tertiary/aromatic N) is 2. The standard InChI is InChI=1S/C31H49N3O3/c1-28(2,3)17-16-24(21-10-12-22(13-11-21)27(36)37)34-26(35)25(32-20-29(4,5)6)33-31(34)18-14-23(15-19-31)30(7,8)9/h10-13,23-24H,14-20H2,1-9H3,(H,32,33)(H,36,37)/t23?,24-,31?/m1/s1. The minimum atomic E-state index is -0.941. The lowest BCUT2D eigenvalue weighted by atomic mass is 9.69. The van der Waals surface area contributed by atoms with Crippen LogP contribution < -0.4 is 5.32 Å². The fourth-order valence-corrected chi connectivity index (χ4v) is 5.67. The zero-order chi connectivity index (χ0) is 27.8. The summed E-state index contributed by atoms with van der Waals surface area (Å²) in [4.78, 5) is 32.9. The molecule has 1 atom stereocenters. The van der Waals surface area contributed by atoms with E-state index in [9.17, 15) is 14.7 Å². The maximum atomic E-state index is 14.1. The first-order chi connectivity index (χ1) is 16.9. The average molecular weight is 512 g/mol. The number of nitrogens with one attached hydrogen (secondary N) is 1. The van der Waals surface area contributed by atoms with E-state index >= 15 is 0 Å². The van der Waals surface area contributed by atoms with Crippen LogP contribution in [0, 0.1) is 22.2 Å². The van der Waals surface area contributed by atoms with Crippen molar-refractivity contribution >= 4 is 17.7 Å². The number of carboxylic acid groups (broad SMARTS) is 1. The number of amides is 1. The Hall–Kier alpha value is -2.37. The quantitative estimate of drug-likeness (QED) is 0.428. The number of carboxylic acids is 1. The summed E-state index contributed by atoms with van der Waals surface area (Å²) in [5.41, 5.74) is 1.03. The van der Waals surface area contributed by atoms with Crippen molar-refractivity contribution in [2.75, 3.05) is 6.54 Å². The molecule has 1 amide bonds. The third kappa shape index (κ3) is 7.14. The molecule has 1 fully saturated rings. The summed E-state index contributed by atoms with van der Waals surface area (Å²) < 4.78 is 0. The fourth-order valence-electron chi connectivity index (χ4n) is 5.67. The number of carbonyl (C=O) groups excluding carboxylic acids is 1. The van der Waals surface area contributed by atoms with Gasteiger partial charge in [-0.05, 0) is 78.4 Å². The van der Waals surface area contributed by atoms with E-state index in [2.05, 4.69) is 72.5 Å². The Kier molecular flexibility index (Phi) is 8.22.